The van der Waals surface area contributed by atoms with Crippen LogP contribution in [0.5, 0.6) is 5.75 Å². The normalized spacial score (nSPS) is 19.2. The predicted molar refractivity (Wildman–Crippen MR) is 206 cm³/mol. The molecular formula is C41H44FN7O6. The molecule has 55 heavy (non-hydrogen) atoms. The highest BCUT2D eigenvalue weighted by molar-refractivity contribution is 6.04. The Morgan fingerprint density at radius 1 is 0.945 bits per heavy atom. The summed E-state index contributed by atoms with van der Waals surface area (Å²) in [6.45, 7) is 3.94. The van der Waals surface area contributed by atoms with E-state index >= 15 is 4.39 Å². The molecule has 3 fully saturated rings. The standard InChI is InChI=1S/C41H44FN7O6/c1-22(50)47-15-7-8-23(19-47)28-17-29(30-18-31(40(53)45(2)3)43-37(30)36(28)42)27-12-11-25(16-34(27)55-5)48-20-24(21-48)26-9-6-10-32-38(26)46(4)41(54)49(32)33-13-14-35(51)44-39(33)52/h6,9-12,16-18,23-24,33,43H,7-8,13-15,19-21H2,1-5H3,(H,44,51,52)/t23-,33?/m0/s1. The number of likely N-dealkylation sites (tertiary alicyclic amines) is 1. The van der Waals surface area contributed by atoms with Gasteiger partial charge in [-0.15, -0.1) is 0 Å². The number of carbonyl (C=O) groups is 4. The summed E-state index contributed by atoms with van der Waals surface area (Å²) in [5, 5.41) is 2.93. The van der Waals surface area contributed by atoms with E-state index < -0.39 is 17.8 Å². The van der Waals surface area contributed by atoms with E-state index in [-0.39, 0.29) is 59.3 Å². The van der Waals surface area contributed by atoms with Crippen molar-refractivity contribution in [3.8, 4) is 16.9 Å². The van der Waals surface area contributed by atoms with Crippen LogP contribution in [-0.4, -0.2) is 94.9 Å². The third kappa shape index (κ3) is 6.03. The predicted octanol–water partition coefficient (Wildman–Crippen LogP) is 4.65. The second kappa shape index (κ2) is 13.7. The molecule has 5 heterocycles. The van der Waals surface area contributed by atoms with Gasteiger partial charge in [-0.3, -0.25) is 33.6 Å². The number of aromatic amines is 1. The topological polar surface area (TPSA) is 142 Å². The van der Waals surface area contributed by atoms with Crippen LogP contribution in [0.25, 0.3) is 33.1 Å². The van der Waals surface area contributed by atoms with Crippen LogP contribution in [0.15, 0.2) is 53.3 Å². The van der Waals surface area contributed by atoms with Gasteiger partial charge in [-0.1, -0.05) is 12.1 Å². The van der Waals surface area contributed by atoms with E-state index in [1.807, 2.05) is 42.5 Å². The fourth-order valence-electron chi connectivity index (χ4n) is 8.69. The van der Waals surface area contributed by atoms with Crippen LogP contribution in [0, 0.1) is 5.82 Å². The molecule has 14 heteroatoms. The molecule has 3 aromatic carbocycles. The number of aryl methyl sites for hydroxylation is 1. The molecule has 3 saturated heterocycles. The molecule has 2 aromatic heterocycles. The molecule has 3 aliphatic heterocycles. The number of para-hydroxylation sites is 1. The zero-order valence-electron chi connectivity index (χ0n) is 31.6. The number of aromatic nitrogens is 3. The maximum atomic E-state index is 16.5. The van der Waals surface area contributed by atoms with Gasteiger partial charge in [0.1, 0.15) is 17.5 Å². The Balaban J connectivity index is 1.12. The number of anilines is 1. The van der Waals surface area contributed by atoms with Crippen LogP contribution in [0.1, 0.15) is 72.1 Å². The van der Waals surface area contributed by atoms with Gasteiger partial charge in [-0.2, -0.15) is 0 Å². The second-order valence-electron chi connectivity index (χ2n) is 15.2. The quantitative estimate of drug-likeness (QED) is 0.231. The summed E-state index contributed by atoms with van der Waals surface area (Å²) in [4.78, 5) is 71.9. The Bertz CT molecular complexity index is 2470. The van der Waals surface area contributed by atoms with Crippen LogP contribution in [0.4, 0.5) is 10.1 Å². The van der Waals surface area contributed by atoms with E-state index in [2.05, 4.69) is 15.2 Å². The fraction of sp³-hybridized carbons (Fsp3) is 0.390. The molecule has 1 unspecified atom stereocenters. The zero-order chi connectivity index (χ0) is 38.9. The first-order chi connectivity index (χ1) is 26.4. The van der Waals surface area contributed by atoms with E-state index in [0.717, 1.165) is 40.7 Å². The van der Waals surface area contributed by atoms with Crippen LogP contribution in [0.2, 0.25) is 0 Å². The summed E-state index contributed by atoms with van der Waals surface area (Å²) in [5.41, 5.74) is 5.54. The number of H-pyrrole nitrogens is 1. The SMILES string of the molecule is COc1cc(N2CC(c3cccc4c3n(C)c(=O)n4C3CCC(=O)NC3=O)C2)ccc1-c1cc([C@H]2CCCN(C(C)=O)C2)c(F)c2[nH]c(C(=O)N(C)C)cc12. The second-order valence-corrected chi connectivity index (χ2v) is 15.2. The molecule has 13 nitrogen and oxygen atoms in total. The van der Waals surface area contributed by atoms with E-state index in [1.54, 1.807) is 43.8 Å². The molecule has 4 amide bonds. The van der Waals surface area contributed by atoms with Gasteiger partial charge in [-0.05, 0) is 66.3 Å². The Kier molecular flexibility index (Phi) is 9.01. The van der Waals surface area contributed by atoms with Gasteiger partial charge >= 0.3 is 5.69 Å². The van der Waals surface area contributed by atoms with Crippen molar-refractivity contribution in [1.82, 2.24) is 29.2 Å². The molecule has 2 N–H and O–H groups in total. The van der Waals surface area contributed by atoms with Crippen LogP contribution < -0.4 is 20.6 Å². The molecule has 8 rings (SSSR count). The van der Waals surface area contributed by atoms with Crippen molar-refractivity contribution in [3.63, 3.8) is 0 Å². The number of piperidine rings is 2. The lowest BCUT2D eigenvalue weighted by atomic mass is 9.86. The minimum absolute atomic E-state index is 0.0398. The van der Waals surface area contributed by atoms with Crippen molar-refractivity contribution in [2.24, 2.45) is 7.05 Å². The van der Waals surface area contributed by atoms with Crippen molar-refractivity contribution >= 4 is 51.3 Å². The van der Waals surface area contributed by atoms with E-state index in [0.29, 0.717) is 48.4 Å². The van der Waals surface area contributed by atoms with Crippen molar-refractivity contribution in [2.45, 2.75) is 50.5 Å². The number of rotatable bonds is 7. The number of imidazole rings is 1. The van der Waals surface area contributed by atoms with Crippen molar-refractivity contribution in [1.29, 1.82) is 0 Å². The van der Waals surface area contributed by atoms with Crippen molar-refractivity contribution in [2.75, 3.05) is 52.3 Å². The number of hydrogen-bond acceptors (Lipinski definition) is 7. The molecule has 286 valence electrons. The summed E-state index contributed by atoms with van der Waals surface area (Å²) in [6.07, 6.45) is 1.93. The summed E-state index contributed by atoms with van der Waals surface area (Å²) in [6, 6.07) is 14.5. The highest BCUT2D eigenvalue weighted by Gasteiger charge is 2.35. The number of benzene rings is 3. The molecule has 0 bridgehead atoms. The Morgan fingerprint density at radius 3 is 2.44 bits per heavy atom. The van der Waals surface area contributed by atoms with Gasteiger partial charge in [0.25, 0.3) is 5.91 Å². The number of fused-ring (bicyclic) bond motifs is 2. The Hall–Kier alpha value is -5.92. The van der Waals surface area contributed by atoms with Crippen molar-refractivity contribution in [3.05, 3.63) is 81.7 Å². The molecular weight excluding hydrogens is 705 g/mol. The number of nitrogens with one attached hydrogen (secondary N) is 2. The van der Waals surface area contributed by atoms with Gasteiger partial charge in [0.2, 0.25) is 17.7 Å². The highest BCUT2D eigenvalue weighted by atomic mass is 19.1. The third-order valence-corrected chi connectivity index (χ3v) is 11.6. The zero-order valence-corrected chi connectivity index (χ0v) is 31.6. The van der Waals surface area contributed by atoms with E-state index in [4.69, 9.17) is 4.74 Å². The van der Waals surface area contributed by atoms with Gasteiger partial charge in [0.05, 0.1) is 23.7 Å². The average Bonchev–Trinajstić information content (AvgIpc) is 3.71. The molecule has 0 aliphatic carbocycles. The van der Waals surface area contributed by atoms with Gasteiger partial charge < -0.3 is 24.4 Å². The fourth-order valence-corrected chi connectivity index (χ4v) is 8.69. The number of carbonyl (C=O) groups excluding carboxylic acids is 4. The number of halogens is 1. The molecule has 0 radical (unpaired) electrons. The number of amides is 4. The van der Waals surface area contributed by atoms with E-state index in [9.17, 15) is 24.0 Å². The summed E-state index contributed by atoms with van der Waals surface area (Å²) in [7, 11) is 6.61. The molecule has 0 spiro atoms. The minimum Gasteiger partial charge on any atom is -0.496 e. The smallest absolute Gasteiger partial charge is 0.329 e. The maximum Gasteiger partial charge on any atom is 0.329 e. The summed E-state index contributed by atoms with van der Waals surface area (Å²) < 4.78 is 25.6. The number of nitrogens with zero attached hydrogens (tertiary/aromatic N) is 5. The van der Waals surface area contributed by atoms with Crippen LogP contribution in [-0.2, 0) is 21.4 Å². The third-order valence-electron chi connectivity index (χ3n) is 11.6. The molecule has 2 atom stereocenters. The largest absolute Gasteiger partial charge is 0.496 e. The van der Waals surface area contributed by atoms with Gasteiger partial charge in [0.15, 0.2) is 5.82 Å². The number of imide groups is 1. The lowest BCUT2D eigenvalue weighted by Crippen LogP contribution is -2.45. The minimum atomic E-state index is -0.754. The van der Waals surface area contributed by atoms with Crippen LogP contribution in [0.3, 0.4) is 0 Å². The number of ether oxygens (including phenoxy) is 1. The van der Waals surface area contributed by atoms with Crippen LogP contribution >= 0.6 is 0 Å². The Morgan fingerprint density at radius 2 is 1.73 bits per heavy atom. The number of hydrogen-bond donors (Lipinski definition) is 2. The monoisotopic (exact) mass is 749 g/mol. The lowest BCUT2D eigenvalue weighted by molar-refractivity contribution is -0.135. The summed E-state index contributed by atoms with van der Waals surface area (Å²) >= 11 is 0. The maximum absolute atomic E-state index is 16.5. The van der Waals surface area contributed by atoms with E-state index in [1.165, 1.54) is 16.4 Å². The number of methoxy groups -OCH3 is 1. The first kappa shape index (κ1) is 36.1. The highest BCUT2D eigenvalue weighted by Crippen LogP contribution is 2.44. The molecule has 0 saturated carbocycles. The van der Waals surface area contributed by atoms with Crippen molar-refractivity contribution < 1.29 is 28.3 Å². The van der Waals surface area contributed by atoms with Gasteiger partial charge in [0, 0.05) is 95.2 Å². The first-order valence-corrected chi connectivity index (χ1v) is 18.6. The first-order valence-electron chi connectivity index (χ1n) is 18.6. The molecule has 3 aliphatic rings. The summed E-state index contributed by atoms with van der Waals surface area (Å²) in [5.74, 6) is -1.06. The van der Waals surface area contributed by atoms with Gasteiger partial charge in [-0.25, -0.2) is 9.18 Å². The molecule has 5 aromatic rings. The lowest BCUT2D eigenvalue weighted by Gasteiger charge is -2.42. The average molecular weight is 750 g/mol. The Labute approximate surface area is 316 Å².